The Balaban J connectivity index is 1.48. The Morgan fingerprint density at radius 1 is 0.889 bits per heavy atom. The summed E-state index contributed by atoms with van der Waals surface area (Å²) in [6.07, 6.45) is -0.415. The van der Waals surface area contributed by atoms with Crippen LogP contribution in [-0.4, -0.2) is 42.7 Å². The van der Waals surface area contributed by atoms with Crippen molar-refractivity contribution in [2.75, 3.05) is 27.1 Å². The number of nitrogens with one attached hydrogen (secondary N) is 2. The summed E-state index contributed by atoms with van der Waals surface area (Å²) in [5.41, 5.74) is 9.49. The highest BCUT2D eigenvalue weighted by atomic mass is 79.9. The first-order valence-corrected chi connectivity index (χ1v) is 13.1. The number of rotatable bonds is 11. The lowest BCUT2D eigenvalue weighted by Gasteiger charge is -2.24. The zero-order chi connectivity index (χ0) is 25.5. The van der Waals surface area contributed by atoms with Gasteiger partial charge in [-0.05, 0) is 29.8 Å². The molecule has 1 aliphatic heterocycles. The van der Waals surface area contributed by atoms with Gasteiger partial charge >= 0.3 is 0 Å². The number of benzene rings is 3. The topological polar surface area (TPSA) is 84.5 Å². The van der Waals surface area contributed by atoms with Gasteiger partial charge in [0, 0.05) is 46.6 Å². The minimum Gasteiger partial charge on any atom is -0.508 e. The number of hydrogen-bond acceptors (Lipinski definition) is 9. The van der Waals surface area contributed by atoms with Gasteiger partial charge in [-0.15, -0.1) is 0 Å². The summed E-state index contributed by atoms with van der Waals surface area (Å²) in [4.78, 5) is 0. The van der Waals surface area contributed by atoms with Crippen molar-refractivity contribution in [3.8, 4) is 23.0 Å². The molecule has 0 saturated carbocycles. The highest BCUT2D eigenvalue weighted by molar-refractivity contribution is 9.10. The van der Waals surface area contributed by atoms with E-state index in [1.807, 2.05) is 48.5 Å². The van der Waals surface area contributed by atoms with Gasteiger partial charge in [0.2, 0.25) is 0 Å². The second-order valence-electron chi connectivity index (χ2n) is 8.11. The minimum atomic E-state index is -0.226. The fourth-order valence-corrected chi connectivity index (χ4v) is 5.06. The molecule has 1 aliphatic rings. The summed E-state index contributed by atoms with van der Waals surface area (Å²) < 4.78 is 25.9. The first-order chi connectivity index (χ1) is 17.5. The van der Waals surface area contributed by atoms with Crippen molar-refractivity contribution < 1.29 is 24.1 Å². The molecule has 3 aromatic rings. The number of hydrazine groups is 1. The number of hydrogen-bond donors (Lipinski definition) is 3. The lowest BCUT2D eigenvalue weighted by Crippen LogP contribution is -2.33. The van der Waals surface area contributed by atoms with Crippen molar-refractivity contribution >= 4 is 27.9 Å². The van der Waals surface area contributed by atoms with Gasteiger partial charge in [-0.3, -0.25) is 0 Å². The fraction of sp³-hybridized carbons (Fsp3) is 0.308. The number of methoxy groups -OCH3 is 3. The minimum absolute atomic E-state index is 0.167. The van der Waals surface area contributed by atoms with E-state index in [0.29, 0.717) is 24.6 Å². The van der Waals surface area contributed by atoms with E-state index in [-0.39, 0.29) is 18.2 Å². The first kappa shape index (κ1) is 26.6. The molecule has 0 bridgehead atoms. The molecule has 3 aromatic carbocycles. The molecule has 0 amide bonds. The van der Waals surface area contributed by atoms with Crippen molar-refractivity contribution in [3.05, 3.63) is 81.8 Å². The molecule has 10 heteroatoms. The van der Waals surface area contributed by atoms with Gasteiger partial charge in [-0.1, -0.05) is 52.1 Å². The highest BCUT2D eigenvalue weighted by Crippen LogP contribution is 2.32. The maximum Gasteiger partial charge on any atom is 0.148 e. The molecule has 0 spiro atoms. The predicted octanol–water partition coefficient (Wildman–Crippen LogP) is 4.98. The first-order valence-electron chi connectivity index (χ1n) is 11.4. The van der Waals surface area contributed by atoms with Crippen LogP contribution in [0, 0.1) is 0 Å². The monoisotopic (exact) mass is 575 g/mol. The Morgan fingerprint density at radius 2 is 1.56 bits per heavy atom. The molecule has 0 radical (unpaired) electrons. The number of ether oxygens (including phenoxy) is 4. The summed E-state index contributed by atoms with van der Waals surface area (Å²) >= 11 is 5.12. The molecule has 1 saturated heterocycles. The van der Waals surface area contributed by atoms with E-state index < -0.39 is 0 Å². The third-order valence-electron chi connectivity index (χ3n) is 5.72. The third kappa shape index (κ3) is 6.84. The summed E-state index contributed by atoms with van der Waals surface area (Å²) in [5.74, 6) is 2.96. The summed E-state index contributed by atoms with van der Waals surface area (Å²) in [5, 5.41) is 9.87. The Hall–Kier alpha value is -2.47. The second-order valence-corrected chi connectivity index (χ2v) is 10.1. The second kappa shape index (κ2) is 12.7. The SMILES string of the molecule is COc1ccc(CN(Cc2ccc(O)cc2OC)SCC2NNC(c3ccc(Br)cc3)O2)c(OC)c1. The van der Waals surface area contributed by atoms with Gasteiger partial charge in [0.25, 0.3) is 0 Å². The van der Waals surface area contributed by atoms with E-state index in [0.717, 1.165) is 32.7 Å². The van der Waals surface area contributed by atoms with Crippen LogP contribution in [0.5, 0.6) is 23.0 Å². The molecular formula is C26H30BrN3O5S. The Morgan fingerprint density at radius 3 is 2.22 bits per heavy atom. The fourth-order valence-electron chi connectivity index (χ4n) is 3.83. The average Bonchev–Trinajstić information content (AvgIpc) is 3.37. The predicted molar refractivity (Wildman–Crippen MR) is 144 cm³/mol. The number of aromatic hydroxyl groups is 1. The maximum absolute atomic E-state index is 9.87. The molecule has 4 rings (SSSR count). The van der Waals surface area contributed by atoms with Gasteiger partial charge in [0.1, 0.15) is 35.5 Å². The third-order valence-corrected chi connectivity index (χ3v) is 7.32. The average molecular weight is 577 g/mol. The van der Waals surface area contributed by atoms with Crippen LogP contribution < -0.4 is 25.1 Å². The highest BCUT2D eigenvalue weighted by Gasteiger charge is 2.26. The van der Waals surface area contributed by atoms with E-state index >= 15 is 0 Å². The maximum atomic E-state index is 9.87. The zero-order valence-electron chi connectivity index (χ0n) is 20.4. The van der Waals surface area contributed by atoms with Crippen molar-refractivity contribution in [3.63, 3.8) is 0 Å². The molecular weight excluding hydrogens is 546 g/mol. The molecule has 0 aromatic heterocycles. The Kier molecular flexibility index (Phi) is 9.35. The van der Waals surface area contributed by atoms with Crippen LogP contribution in [0.25, 0.3) is 0 Å². The molecule has 36 heavy (non-hydrogen) atoms. The van der Waals surface area contributed by atoms with E-state index in [1.54, 1.807) is 45.4 Å². The molecule has 8 nitrogen and oxygen atoms in total. The normalized spacial score (nSPS) is 17.4. The van der Waals surface area contributed by atoms with Gasteiger partial charge in [-0.2, -0.15) is 0 Å². The molecule has 2 unspecified atom stereocenters. The lowest BCUT2D eigenvalue weighted by molar-refractivity contribution is 0.0479. The summed E-state index contributed by atoms with van der Waals surface area (Å²) in [6.45, 7) is 1.19. The van der Waals surface area contributed by atoms with Crippen molar-refractivity contribution in [1.29, 1.82) is 0 Å². The zero-order valence-corrected chi connectivity index (χ0v) is 22.8. The molecule has 2 atom stereocenters. The van der Waals surface area contributed by atoms with E-state index in [9.17, 15) is 5.11 Å². The molecule has 1 heterocycles. The molecule has 192 valence electrons. The number of nitrogens with zero attached hydrogens (tertiary/aromatic N) is 1. The number of phenols is 1. The molecule has 3 N–H and O–H groups in total. The quantitative estimate of drug-likeness (QED) is 0.274. The van der Waals surface area contributed by atoms with Crippen LogP contribution in [0.3, 0.4) is 0 Å². The van der Waals surface area contributed by atoms with Gasteiger partial charge in [-0.25, -0.2) is 15.2 Å². The molecule has 0 aliphatic carbocycles. The Bertz CT molecular complexity index is 1150. The van der Waals surface area contributed by atoms with Crippen LogP contribution in [0.1, 0.15) is 22.9 Å². The van der Waals surface area contributed by atoms with Crippen molar-refractivity contribution in [1.82, 2.24) is 15.2 Å². The van der Waals surface area contributed by atoms with Gasteiger partial charge < -0.3 is 24.1 Å². The largest absolute Gasteiger partial charge is 0.508 e. The van der Waals surface area contributed by atoms with Crippen LogP contribution in [0.4, 0.5) is 0 Å². The smallest absolute Gasteiger partial charge is 0.148 e. The van der Waals surface area contributed by atoms with Crippen LogP contribution in [0.2, 0.25) is 0 Å². The van der Waals surface area contributed by atoms with Crippen LogP contribution in [0.15, 0.2) is 65.1 Å². The number of phenolic OH excluding ortho intramolecular Hbond substituents is 1. The summed E-state index contributed by atoms with van der Waals surface area (Å²) in [7, 11) is 4.90. The van der Waals surface area contributed by atoms with Crippen LogP contribution >= 0.6 is 27.9 Å². The number of halogens is 1. The van der Waals surface area contributed by atoms with Crippen LogP contribution in [-0.2, 0) is 17.8 Å². The standard InChI is InChI=1S/C26H30BrN3O5S/c1-32-22-11-7-19(24(13-22)34-3)15-30(14-18-6-10-21(31)12-23(18)33-2)36-16-25-28-29-26(35-25)17-4-8-20(27)9-5-17/h4-13,25-26,28-29,31H,14-16H2,1-3H3. The molecule has 1 fully saturated rings. The van der Waals surface area contributed by atoms with E-state index in [1.165, 1.54) is 0 Å². The van der Waals surface area contributed by atoms with E-state index in [2.05, 4.69) is 31.1 Å². The van der Waals surface area contributed by atoms with Gasteiger partial charge in [0.05, 0.1) is 21.3 Å². The lowest BCUT2D eigenvalue weighted by atomic mass is 10.1. The summed E-state index contributed by atoms with van der Waals surface area (Å²) in [6, 6.07) is 19.0. The van der Waals surface area contributed by atoms with Gasteiger partial charge in [0.15, 0.2) is 0 Å². The van der Waals surface area contributed by atoms with Crippen molar-refractivity contribution in [2.45, 2.75) is 25.5 Å². The van der Waals surface area contributed by atoms with E-state index in [4.69, 9.17) is 18.9 Å². The van der Waals surface area contributed by atoms with Crippen molar-refractivity contribution in [2.24, 2.45) is 0 Å². The Labute approximate surface area is 224 Å².